The quantitative estimate of drug-likeness (QED) is 0.884. The average Bonchev–Trinajstić information content (AvgIpc) is 2.77. The van der Waals surface area contributed by atoms with Crippen molar-refractivity contribution in [3.8, 4) is 6.07 Å². The van der Waals surface area contributed by atoms with Crippen molar-refractivity contribution in [1.29, 1.82) is 5.26 Å². The third kappa shape index (κ3) is 3.16. The molecule has 2 N–H and O–H groups in total. The van der Waals surface area contributed by atoms with E-state index in [2.05, 4.69) is 23.0 Å². The van der Waals surface area contributed by atoms with Crippen molar-refractivity contribution in [1.82, 2.24) is 9.78 Å². The first-order valence-corrected chi connectivity index (χ1v) is 7.20. The number of nitriles is 1. The van der Waals surface area contributed by atoms with Crippen molar-refractivity contribution in [2.75, 3.05) is 17.2 Å². The Morgan fingerprint density at radius 2 is 2.05 bits per heavy atom. The fraction of sp³-hybridized carbons (Fsp3) is 0.375. The van der Waals surface area contributed by atoms with Gasteiger partial charge in [-0.05, 0) is 18.6 Å². The predicted octanol–water partition coefficient (Wildman–Crippen LogP) is 3.01. The smallest absolute Gasteiger partial charge is 0.154 e. The van der Waals surface area contributed by atoms with Crippen molar-refractivity contribution in [2.45, 2.75) is 26.2 Å². The Balaban J connectivity index is 2.44. The zero-order valence-electron chi connectivity index (χ0n) is 12.6. The van der Waals surface area contributed by atoms with E-state index in [1.165, 1.54) is 0 Å². The first kappa shape index (κ1) is 14.9. The fourth-order valence-corrected chi connectivity index (χ4v) is 2.45. The van der Waals surface area contributed by atoms with E-state index < -0.39 is 0 Å². The molecule has 0 amide bonds. The van der Waals surface area contributed by atoms with E-state index >= 15 is 0 Å². The number of rotatable bonds is 6. The number of benzene rings is 1. The number of anilines is 3. The molecule has 1 heterocycles. The summed E-state index contributed by atoms with van der Waals surface area (Å²) in [7, 11) is 1.90. The highest BCUT2D eigenvalue weighted by atomic mass is 15.4. The molecule has 110 valence electrons. The van der Waals surface area contributed by atoms with E-state index in [9.17, 15) is 0 Å². The molecular weight excluding hydrogens is 262 g/mol. The predicted molar refractivity (Wildman–Crippen MR) is 85.3 cm³/mol. The van der Waals surface area contributed by atoms with Gasteiger partial charge < -0.3 is 10.6 Å². The molecule has 1 aromatic carbocycles. The Hall–Kier alpha value is -2.48. The van der Waals surface area contributed by atoms with Crippen LogP contribution in [0.2, 0.25) is 0 Å². The number of nitrogens with zero attached hydrogens (tertiary/aromatic N) is 4. The Kier molecular flexibility index (Phi) is 4.83. The van der Waals surface area contributed by atoms with Crippen LogP contribution in [0.5, 0.6) is 0 Å². The van der Waals surface area contributed by atoms with Crippen molar-refractivity contribution in [3.05, 3.63) is 36.0 Å². The van der Waals surface area contributed by atoms with Crippen LogP contribution < -0.4 is 10.6 Å². The van der Waals surface area contributed by atoms with E-state index in [-0.39, 0.29) is 0 Å². The average molecular weight is 283 g/mol. The van der Waals surface area contributed by atoms with Gasteiger partial charge in [-0.3, -0.25) is 4.68 Å². The molecular formula is C16H21N5. The molecule has 0 spiro atoms. The molecule has 0 aliphatic heterocycles. The van der Waals surface area contributed by atoms with Crippen molar-refractivity contribution in [2.24, 2.45) is 7.05 Å². The van der Waals surface area contributed by atoms with Gasteiger partial charge >= 0.3 is 0 Å². The number of nitrogen functional groups attached to an aromatic ring is 1. The number of aryl methyl sites for hydroxylation is 2. The lowest BCUT2D eigenvalue weighted by molar-refractivity contribution is 0.720. The van der Waals surface area contributed by atoms with Gasteiger partial charge in [0.25, 0.3) is 0 Å². The Bertz CT molecular complexity index is 624. The van der Waals surface area contributed by atoms with Crippen LogP contribution in [0.1, 0.15) is 25.5 Å². The van der Waals surface area contributed by atoms with E-state index in [0.29, 0.717) is 18.7 Å². The van der Waals surface area contributed by atoms with Crippen molar-refractivity contribution >= 4 is 17.2 Å². The van der Waals surface area contributed by atoms with Crippen LogP contribution in [-0.4, -0.2) is 16.3 Å². The van der Waals surface area contributed by atoms with E-state index in [4.69, 9.17) is 11.0 Å². The molecule has 0 atom stereocenters. The molecule has 21 heavy (non-hydrogen) atoms. The molecule has 0 aliphatic carbocycles. The molecule has 2 rings (SSSR count). The van der Waals surface area contributed by atoms with Crippen LogP contribution in [0.3, 0.4) is 0 Å². The fourth-order valence-electron chi connectivity index (χ4n) is 2.45. The molecule has 0 fully saturated rings. The molecule has 0 bridgehead atoms. The second-order valence-electron chi connectivity index (χ2n) is 4.95. The Labute approximate surface area is 125 Å². The first-order chi connectivity index (χ1) is 10.2. The summed E-state index contributed by atoms with van der Waals surface area (Å²) in [5, 5.41) is 13.4. The molecule has 5 heteroatoms. The topological polar surface area (TPSA) is 70.9 Å². The van der Waals surface area contributed by atoms with Crippen LogP contribution in [0, 0.1) is 11.3 Å². The third-order valence-electron chi connectivity index (χ3n) is 3.39. The lowest BCUT2D eigenvalue weighted by Gasteiger charge is -2.24. The highest BCUT2D eigenvalue weighted by Gasteiger charge is 2.20. The highest BCUT2D eigenvalue weighted by molar-refractivity contribution is 5.73. The zero-order chi connectivity index (χ0) is 15.2. The van der Waals surface area contributed by atoms with Gasteiger partial charge in [0.15, 0.2) is 5.82 Å². The third-order valence-corrected chi connectivity index (χ3v) is 3.39. The van der Waals surface area contributed by atoms with Gasteiger partial charge in [-0.25, -0.2) is 0 Å². The van der Waals surface area contributed by atoms with E-state index in [1.54, 1.807) is 0 Å². The standard InChI is InChI=1S/C16H21N5/c1-3-8-14-15(18)16(20(2)19-14)21(12-7-11-17)13-9-5-4-6-10-13/h4-6,9-10H,3,7-8,12,18H2,1-2H3. The minimum atomic E-state index is 0.433. The van der Waals surface area contributed by atoms with Gasteiger partial charge in [-0.1, -0.05) is 31.5 Å². The summed E-state index contributed by atoms with van der Waals surface area (Å²) in [5.41, 5.74) is 8.94. The van der Waals surface area contributed by atoms with Gasteiger partial charge in [0.1, 0.15) is 0 Å². The summed E-state index contributed by atoms with van der Waals surface area (Å²) in [6.45, 7) is 2.70. The summed E-state index contributed by atoms with van der Waals surface area (Å²) < 4.78 is 1.81. The number of hydrogen-bond donors (Lipinski definition) is 1. The maximum Gasteiger partial charge on any atom is 0.154 e. The minimum Gasteiger partial charge on any atom is -0.394 e. The number of aromatic nitrogens is 2. The van der Waals surface area contributed by atoms with Crippen LogP contribution in [-0.2, 0) is 13.5 Å². The number of hydrogen-bond acceptors (Lipinski definition) is 4. The Morgan fingerprint density at radius 3 is 2.67 bits per heavy atom. The van der Waals surface area contributed by atoms with Crippen LogP contribution >= 0.6 is 0 Å². The summed E-state index contributed by atoms with van der Waals surface area (Å²) in [6, 6.07) is 12.2. The summed E-state index contributed by atoms with van der Waals surface area (Å²) in [6.07, 6.45) is 2.30. The molecule has 5 nitrogen and oxygen atoms in total. The van der Waals surface area contributed by atoms with Crippen LogP contribution in [0.15, 0.2) is 30.3 Å². The molecule has 0 saturated carbocycles. The van der Waals surface area contributed by atoms with Gasteiger partial charge in [0, 0.05) is 19.3 Å². The SMILES string of the molecule is CCCc1nn(C)c(N(CCC#N)c2ccccc2)c1N. The summed E-state index contributed by atoms with van der Waals surface area (Å²) >= 11 is 0. The molecule has 0 radical (unpaired) electrons. The molecule has 1 aromatic heterocycles. The van der Waals surface area contributed by atoms with Gasteiger partial charge in [0.2, 0.25) is 0 Å². The van der Waals surface area contributed by atoms with Crippen molar-refractivity contribution in [3.63, 3.8) is 0 Å². The maximum atomic E-state index is 8.91. The highest BCUT2D eigenvalue weighted by Crippen LogP contribution is 2.32. The van der Waals surface area contributed by atoms with Crippen LogP contribution in [0.4, 0.5) is 17.2 Å². The second-order valence-corrected chi connectivity index (χ2v) is 4.95. The number of para-hydroxylation sites is 1. The van der Waals surface area contributed by atoms with E-state index in [0.717, 1.165) is 30.0 Å². The Morgan fingerprint density at radius 1 is 1.33 bits per heavy atom. The lowest BCUT2D eigenvalue weighted by atomic mass is 10.2. The molecule has 0 unspecified atom stereocenters. The number of nitrogens with two attached hydrogens (primary N) is 1. The normalized spacial score (nSPS) is 10.3. The molecule has 0 aliphatic rings. The maximum absolute atomic E-state index is 8.91. The second kappa shape index (κ2) is 6.80. The van der Waals surface area contributed by atoms with E-state index in [1.807, 2.05) is 42.1 Å². The zero-order valence-corrected chi connectivity index (χ0v) is 12.6. The van der Waals surface area contributed by atoms with Crippen LogP contribution in [0.25, 0.3) is 0 Å². The monoisotopic (exact) mass is 283 g/mol. The largest absolute Gasteiger partial charge is 0.394 e. The first-order valence-electron chi connectivity index (χ1n) is 7.20. The summed E-state index contributed by atoms with van der Waals surface area (Å²) in [4.78, 5) is 2.06. The van der Waals surface area contributed by atoms with Gasteiger partial charge in [-0.2, -0.15) is 10.4 Å². The summed E-state index contributed by atoms with van der Waals surface area (Å²) in [5.74, 6) is 0.861. The van der Waals surface area contributed by atoms with Crippen molar-refractivity contribution < 1.29 is 0 Å². The van der Waals surface area contributed by atoms with Gasteiger partial charge in [-0.15, -0.1) is 0 Å². The lowest BCUT2D eigenvalue weighted by Crippen LogP contribution is -2.21. The molecule has 2 aromatic rings. The molecule has 0 saturated heterocycles. The minimum absolute atomic E-state index is 0.433. The van der Waals surface area contributed by atoms with Gasteiger partial charge in [0.05, 0.1) is 23.9 Å².